The van der Waals surface area contributed by atoms with E-state index in [2.05, 4.69) is 21.2 Å². The maximum atomic E-state index is 13.4. The van der Waals surface area contributed by atoms with Gasteiger partial charge in [-0.05, 0) is 54.9 Å². The zero-order valence-corrected chi connectivity index (χ0v) is 13.0. The van der Waals surface area contributed by atoms with Crippen LogP contribution in [0.3, 0.4) is 0 Å². The summed E-state index contributed by atoms with van der Waals surface area (Å²) in [6, 6.07) is 10.8. The molecule has 0 aliphatic rings. The van der Waals surface area contributed by atoms with E-state index in [-0.39, 0.29) is 11.9 Å². The maximum absolute atomic E-state index is 13.4. The summed E-state index contributed by atoms with van der Waals surface area (Å²) in [6.45, 7) is 1.76. The minimum Gasteiger partial charge on any atom is -0.309 e. The fraction of sp³-hybridized carbons (Fsp3) is 0.200. The van der Waals surface area contributed by atoms with E-state index in [4.69, 9.17) is 11.6 Å². The summed E-state index contributed by atoms with van der Waals surface area (Å²) in [5, 5.41) is 3.92. The van der Waals surface area contributed by atoms with Crippen LogP contribution in [0.25, 0.3) is 0 Å². The topological polar surface area (TPSA) is 12.0 Å². The molecule has 0 aliphatic heterocycles. The van der Waals surface area contributed by atoms with Gasteiger partial charge in [0.05, 0.1) is 6.04 Å². The second kappa shape index (κ2) is 6.04. The van der Waals surface area contributed by atoms with Crippen LogP contribution in [-0.4, -0.2) is 7.05 Å². The third-order valence-corrected chi connectivity index (χ3v) is 4.03. The molecule has 100 valence electrons. The number of hydrogen-bond acceptors (Lipinski definition) is 1. The Morgan fingerprint density at radius 1 is 1.21 bits per heavy atom. The normalized spacial score (nSPS) is 12.5. The van der Waals surface area contributed by atoms with Crippen LogP contribution >= 0.6 is 27.5 Å². The minimum absolute atomic E-state index is 0.0348. The molecule has 0 heterocycles. The predicted octanol–water partition coefficient (Wildman–Crippen LogP) is 4.86. The number of halogens is 3. The summed E-state index contributed by atoms with van der Waals surface area (Å²) in [6.07, 6.45) is 0. The molecule has 0 spiro atoms. The van der Waals surface area contributed by atoms with Crippen LogP contribution in [-0.2, 0) is 0 Å². The molecule has 0 aliphatic carbocycles. The first kappa shape index (κ1) is 14.5. The summed E-state index contributed by atoms with van der Waals surface area (Å²) in [7, 11) is 1.87. The third kappa shape index (κ3) is 3.16. The van der Waals surface area contributed by atoms with E-state index in [0.29, 0.717) is 10.6 Å². The standard InChI is InChI=1S/C15H14BrClFN/c1-9-7-10(3-6-14(9)18)15(19-2)12-8-11(17)4-5-13(12)16/h3-8,15,19H,1-2H3. The monoisotopic (exact) mass is 341 g/mol. The van der Waals surface area contributed by atoms with Crippen molar-refractivity contribution in [3.05, 3.63) is 68.4 Å². The highest BCUT2D eigenvalue weighted by atomic mass is 79.9. The molecule has 0 saturated heterocycles. The van der Waals surface area contributed by atoms with Crippen molar-refractivity contribution in [2.45, 2.75) is 13.0 Å². The van der Waals surface area contributed by atoms with Crippen molar-refractivity contribution >= 4 is 27.5 Å². The summed E-state index contributed by atoms with van der Waals surface area (Å²) in [4.78, 5) is 0. The molecule has 1 atom stereocenters. The van der Waals surface area contributed by atoms with Gasteiger partial charge in [0.15, 0.2) is 0 Å². The number of benzene rings is 2. The second-order valence-corrected chi connectivity index (χ2v) is 5.69. The van der Waals surface area contributed by atoms with Crippen molar-refractivity contribution in [1.29, 1.82) is 0 Å². The van der Waals surface area contributed by atoms with E-state index in [0.717, 1.165) is 15.6 Å². The lowest BCUT2D eigenvalue weighted by Gasteiger charge is -2.19. The molecule has 2 aromatic rings. The molecule has 0 aromatic heterocycles. The molecule has 2 rings (SSSR count). The maximum Gasteiger partial charge on any atom is 0.126 e. The van der Waals surface area contributed by atoms with E-state index in [9.17, 15) is 4.39 Å². The van der Waals surface area contributed by atoms with Crippen LogP contribution in [0.4, 0.5) is 4.39 Å². The lowest BCUT2D eigenvalue weighted by molar-refractivity contribution is 0.614. The van der Waals surface area contributed by atoms with Gasteiger partial charge in [0, 0.05) is 9.50 Å². The number of hydrogen-bond donors (Lipinski definition) is 1. The van der Waals surface area contributed by atoms with Crippen LogP contribution in [0.5, 0.6) is 0 Å². The van der Waals surface area contributed by atoms with Crippen molar-refractivity contribution in [2.75, 3.05) is 7.05 Å². The van der Waals surface area contributed by atoms with Crippen molar-refractivity contribution in [1.82, 2.24) is 5.32 Å². The quantitative estimate of drug-likeness (QED) is 0.840. The van der Waals surface area contributed by atoms with Gasteiger partial charge in [-0.25, -0.2) is 4.39 Å². The van der Waals surface area contributed by atoms with Gasteiger partial charge in [0.1, 0.15) is 5.82 Å². The SMILES string of the molecule is CNC(c1ccc(F)c(C)c1)c1cc(Cl)ccc1Br. The van der Waals surface area contributed by atoms with Gasteiger partial charge < -0.3 is 5.32 Å². The lowest BCUT2D eigenvalue weighted by atomic mass is 9.97. The molecule has 0 bridgehead atoms. The van der Waals surface area contributed by atoms with Crippen molar-refractivity contribution < 1.29 is 4.39 Å². The van der Waals surface area contributed by atoms with Gasteiger partial charge >= 0.3 is 0 Å². The predicted molar refractivity (Wildman–Crippen MR) is 81.2 cm³/mol. The molecular formula is C15H14BrClFN. The Kier molecular flexibility index (Phi) is 4.61. The molecule has 0 radical (unpaired) electrons. The lowest BCUT2D eigenvalue weighted by Crippen LogP contribution is -2.18. The highest BCUT2D eigenvalue weighted by Crippen LogP contribution is 2.31. The fourth-order valence-corrected chi connectivity index (χ4v) is 2.74. The van der Waals surface area contributed by atoms with Gasteiger partial charge in [-0.15, -0.1) is 0 Å². The molecular weight excluding hydrogens is 329 g/mol. The zero-order chi connectivity index (χ0) is 14.0. The van der Waals surface area contributed by atoms with Crippen LogP contribution in [0, 0.1) is 12.7 Å². The number of aryl methyl sites for hydroxylation is 1. The highest BCUT2D eigenvalue weighted by Gasteiger charge is 2.16. The van der Waals surface area contributed by atoms with Crippen LogP contribution < -0.4 is 5.32 Å². The van der Waals surface area contributed by atoms with E-state index in [1.165, 1.54) is 6.07 Å². The summed E-state index contributed by atoms with van der Waals surface area (Å²) >= 11 is 9.58. The first-order valence-electron chi connectivity index (χ1n) is 5.91. The molecule has 0 fully saturated rings. The Balaban J connectivity index is 2.49. The first-order chi connectivity index (χ1) is 9.02. The first-order valence-corrected chi connectivity index (χ1v) is 7.08. The molecule has 0 saturated carbocycles. The molecule has 19 heavy (non-hydrogen) atoms. The Bertz CT molecular complexity index is 601. The van der Waals surface area contributed by atoms with Crippen molar-refractivity contribution in [3.8, 4) is 0 Å². The molecule has 4 heteroatoms. The molecule has 2 aromatic carbocycles. The van der Waals surface area contributed by atoms with Gasteiger partial charge in [0.2, 0.25) is 0 Å². The van der Waals surface area contributed by atoms with Gasteiger partial charge in [-0.1, -0.05) is 39.7 Å². The van der Waals surface area contributed by atoms with Crippen LogP contribution in [0.15, 0.2) is 40.9 Å². The van der Waals surface area contributed by atoms with E-state index >= 15 is 0 Å². The Morgan fingerprint density at radius 2 is 1.95 bits per heavy atom. The highest BCUT2D eigenvalue weighted by molar-refractivity contribution is 9.10. The molecule has 1 N–H and O–H groups in total. The third-order valence-electron chi connectivity index (χ3n) is 3.07. The zero-order valence-electron chi connectivity index (χ0n) is 10.7. The summed E-state index contributed by atoms with van der Waals surface area (Å²) in [5.41, 5.74) is 2.67. The fourth-order valence-electron chi connectivity index (χ4n) is 2.09. The second-order valence-electron chi connectivity index (χ2n) is 4.40. The van der Waals surface area contributed by atoms with Crippen LogP contribution in [0.2, 0.25) is 5.02 Å². The van der Waals surface area contributed by atoms with E-state index in [1.54, 1.807) is 13.0 Å². The molecule has 0 amide bonds. The summed E-state index contributed by atoms with van der Waals surface area (Å²) in [5.74, 6) is -0.191. The Hall–Kier alpha value is -0.900. The summed E-state index contributed by atoms with van der Waals surface area (Å²) < 4.78 is 14.3. The Morgan fingerprint density at radius 3 is 2.58 bits per heavy atom. The van der Waals surface area contributed by atoms with Gasteiger partial charge in [-0.2, -0.15) is 0 Å². The van der Waals surface area contributed by atoms with E-state index in [1.807, 2.05) is 31.3 Å². The average molecular weight is 343 g/mol. The van der Waals surface area contributed by atoms with Crippen molar-refractivity contribution in [3.63, 3.8) is 0 Å². The number of rotatable bonds is 3. The Labute approximate surface area is 125 Å². The van der Waals surface area contributed by atoms with Crippen LogP contribution in [0.1, 0.15) is 22.7 Å². The van der Waals surface area contributed by atoms with E-state index < -0.39 is 0 Å². The van der Waals surface area contributed by atoms with Gasteiger partial charge in [-0.3, -0.25) is 0 Å². The average Bonchev–Trinajstić information content (AvgIpc) is 2.38. The smallest absolute Gasteiger partial charge is 0.126 e. The largest absolute Gasteiger partial charge is 0.309 e. The molecule has 1 unspecified atom stereocenters. The minimum atomic E-state index is -0.191. The number of nitrogens with one attached hydrogen (secondary N) is 1. The van der Waals surface area contributed by atoms with Gasteiger partial charge in [0.25, 0.3) is 0 Å². The van der Waals surface area contributed by atoms with Crippen molar-refractivity contribution in [2.24, 2.45) is 0 Å². The molecule has 1 nitrogen and oxygen atoms in total.